The van der Waals surface area contributed by atoms with Crippen LogP contribution in [0.5, 0.6) is 0 Å². The number of carboxylic acids is 1. The maximum absolute atomic E-state index is 14.3. The standard InChI is InChI=1S/C18H17ClFN5O2/c19-10-5-12-13(7-22-15(12)21-6-10)16-23-8-14(20)17(25-16)24-11-3-1-2-9(4-11)18(26)27/h5-9,11H,1-4H2,(H,21,22)(H,26,27)(H,23,24,25)/t9-,11+/m0/s1. The van der Waals surface area contributed by atoms with Crippen LogP contribution in [0.3, 0.4) is 0 Å². The first-order chi connectivity index (χ1) is 13.0. The number of halogens is 2. The fourth-order valence-electron chi connectivity index (χ4n) is 3.50. The fourth-order valence-corrected chi connectivity index (χ4v) is 3.66. The molecule has 0 radical (unpaired) electrons. The normalized spacial score (nSPS) is 19.9. The van der Waals surface area contributed by atoms with E-state index in [0.29, 0.717) is 34.9 Å². The topological polar surface area (TPSA) is 104 Å². The Morgan fingerprint density at radius 3 is 3.00 bits per heavy atom. The van der Waals surface area contributed by atoms with Crippen LogP contribution < -0.4 is 5.32 Å². The summed E-state index contributed by atoms with van der Waals surface area (Å²) >= 11 is 6.02. The summed E-state index contributed by atoms with van der Waals surface area (Å²) < 4.78 is 14.3. The van der Waals surface area contributed by atoms with E-state index < -0.39 is 17.7 Å². The molecule has 0 saturated heterocycles. The van der Waals surface area contributed by atoms with Gasteiger partial charge in [-0.2, -0.15) is 0 Å². The molecular formula is C18H17ClFN5O2. The lowest BCUT2D eigenvalue weighted by atomic mass is 9.86. The molecule has 0 aliphatic heterocycles. The molecule has 0 aromatic carbocycles. The number of carboxylic acid groups (broad SMARTS) is 1. The first-order valence-corrected chi connectivity index (χ1v) is 9.04. The molecule has 27 heavy (non-hydrogen) atoms. The number of nitrogens with zero attached hydrogens (tertiary/aromatic N) is 3. The van der Waals surface area contributed by atoms with E-state index in [2.05, 4.69) is 25.3 Å². The number of pyridine rings is 1. The van der Waals surface area contributed by atoms with Crippen LogP contribution in [0.1, 0.15) is 25.7 Å². The Hall–Kier alpha value is -2.74. The van der Waals surface area contributed by atoms with Crippen LogP contribution in [0.4, 0.5) is 10.2 Å². The van der Waals surface area contributed by atoms with Gasteiger partial charge in [0.2, 0.25) is 0 Å². The second kappa shape index (κ2) is 7.11. The summed E-state index contributed by atoms with van der Waals surface area (Å²) in [6.07, 6.45) is 6.99. The number of carbonyl (C=O) groups is 1. The summed E-state index contributed by atoms with van der Waals surface area (Å²) in [5.74, 6) is -1.40. The molecule has 9 heteroatoms. The van der Waals surface area contributed by atoms with Crippen molar-refractivity contribution in [1.82, 2.24) is 19.9 Å². The summed E-state index contributed by atoms with van der Waals surface area (Å²) in [6, 6.07) is 1.60. The minimum absolute atomic E-state index is 0.0698. The Morgan fingerprint density at radius 2 is 2.19 bits per heavy atom. The molecule has 1 saturated carbocycles. The van der Waals surface area contributed by atoms with Gasteiger partial charge in [0.15, 0.2) is 17.5 Å². The number of rotatable bonds is 4. The Bertz CT molecular complexity index is 1010. The second-order valence-electron chi connectivity index (χ2n) is 6.69. The highest BCUT2D eigenvalue weighted by Gasteiger charge is 2.27. The van der Waals surface area contributed by atoms with Crippen molar-refractivity contribution < 1.29 is 14.3 Å². The Morgan fingerprint density at radius 1 is 1.33 bits per heavy atom. The van der Waals surface area contributed by atoms with Gasteiger partial charge in [0.1, 0.15) is 5.65 Å². The number of nitrogens with one attached hydrogen (secondary N) is 2. The van der Waals surface area contributed by atoms with Crippen LogP contribution in [-0.2, 0) is 4.79 Å². The minimum atomic E-state index is -0.812. The van der Waals surface area contributed by atoms with Gasteiger partial charge in [0, 0.05) is 29.4 Å². The van der Waals surface area contributed by atoms with Crippen molar-refractivity contribution in [2.45, 2.75) is 31.7 Å². The van der Waals surface area contributed by atoms with Crippen molar-refractivity contribution in [3.05, 3.63) is 35.5 Å². The van der Waals surface area contributed by atoms with Crippen LogP contribution in [0.25, 0.3) is 22.4 Å². The highest BCUT2D eigenvalue weighted by atomic mass is 35.5. The van der Waals surface area contributed by atoms with Gasteiger partial charge < -0.3 is 15.4 Å². The molecule has 7 nitrogen and oxygen atoms in total. The van der Waals surface area contributed by atoms with Crippen LogP contribution in [0.15, 0.2) is 24.7 Å². The fraction of sp³-hybridized carbons (Fsp3) is 0.333. The number of H-pyrrole nitrogens is 1. The molecule has 0 unspecified atom stereocenters. The maximum Gasteiger partial charge on any atom is 0.306 e. The van der Waals surface area contributed by atoms with Crippen LogP contribution in [0.2, 0.25) is 5.02 Å². The van der Waals surface area contributed by atoms with Crippen molar-refractivity contribution in [1.29, 1.82) is 0 Å². The van der Waals surface area contributed by atoms with Gasteiger partial charge in [-0.25, -0.2) is 19.3 Å². The lowest BCUT2D eigenvalue weighted by molar-refractivity contribution is -0.142. The van der Waals surface area contributed by atoms with E-state index in [0.717, 1.165) is 24.4 Å². The van der Waals surface area contributed by atoms with Crippen molar-refractivity contribution in [2.75, 3.05) is 5.32 Å². The van der Waals surface area contributed by atoms with Crippen molar-refractivity contribution in [3.8, 4) is 11.4 Å². The molecule has 0 spiro atoms. The third kappa shape index (κ3) is 3.57. The van der Waals surface area contributed by atoms with Gasteiger partial charge in [0.05, 0.1) is 17.1 Å². The number of hydrogen-bond acceptors (Lipinski definition) is 5. The molecule has 3 N–H and O–H groups in total. The lowest BCUT2D eigenvalue weighted by Gasteiger charge is -2.27. The van der Waals surface area contributed by atoms with Gasteiger partial charge in [-0.1, -0.05) is 18.0 Å². The maximum atomic E-state index is 14.3. The number of anilines is 1. The average molecular weight is 390 g/mol. The minimum Gasteiger partial charge on any atom is -0.481 e. The van der Waals surface area contributed by atoms with E-state index in [4.69, 9.17) is 11.6 Å². The summed E-state index contributed by atoms with van der Waals surface area (Å²) in [5.41, 5.74) is 1.29. The number of aromatic amines is 1. The summed E-state index contributed by atoms with van der Waals surface area (Å²) in [7, 11) is 0. The van der Waals surface area contributed by atoms with E-state index in [9.17, 15) is 14.3 Å². The number of aromatic nitrogens is 4. The zero-order valence-corrected chi connectivity index (χ0v) is 15.0. The summed E-state index contributed by atoms with van der Waals surface area (Å²) in [6.45, 7) is 0. The van der Waals surface area contributed by atoms with Gasteiger partial charge in [0.25, 0.3) is 0 Å². The van der Waals surface area contributed by atoms with E-state index >= 15 is 0 Å². The number of hydrogen-bond donors (Lipinski definition) is 3. The first-order valence-electron chi connectivity index (χ1n) is 8.66. The molecule has 1 aliphatic rings. The number of aliphatic carboxylic acids is 1. The van der Waals surface area contributed by atoms with Crippen LogP contribution in [0, 0.1) is 11.7 Å². The molecule has 2 atom stereocenters. The second-order valence-corrected chi connectivity index (χ2v) is 7.12. The van der Waals surface area contributed by atoms with E-state index in [1.165, 1.54) is 6.20 Å². The summed E-state index contributed by atoms with van der Waals surface area (Å²) in [4.78, 5) is 26.9. The van der Waals surface area contributed by atoms with Crippen molar-refractivity contribution in [2.24, 2.45) is 5.92 Å². The molecule has 3 aromatic rings. The monoisotopic (exact) mass is 389 g/mol. The molecule has 0 amide bonds. The Labute approximate surface area is 159 Å². The predicted molar refractivity (Wildman–Crippen MR) is 99.1 cm³/mol. The van der Waals surface area contributed by atoms with E-state index in [1.54, 1.807) is 12.3 Å². The molecule has 3 heterocycles. The third-order valence-corrected chi connectivity index (χ3v) is 5.05. The van der Waals surface area contributed by atoms with Crippen LogP contribution >= 0.6 is 11.6 Å². The molecule has 140 valence electrons. The third-order valence-electron chi connectivity index (χ3n) is 4.85. The average Bonchev–Trinajstić information content (AvgIpc) is 3.07. The first kappa shape index (κ1) is 17.7. The van der Waals surface area contributed by atoms with E-state index in [-0.39, 0.29) is 11.9 Å². The molecule has 3 aromatic heterocycles. The van der Waals surface area contributed by atoms with Gasteiger partial charge in [-0.15, -0.1) is 0 Å². The van der Waals surface area contributed by atoms with Gasteiger partial charge >= 0.3 is 5.97 Å². The Balaban J connectivity index is 1.63. The molecule has 4 rings (SSSR count). The number of fused-ring (bicyclic) bond motifs is 1. The highest BCUT2D eigenvalue weighted by Crippen LogP contribution is 2.30. The Kier molecular flexibility index (Phi) is 4.65. The SMILES string of the molecule is O=C(O)[C@H]1CCC[C@@H](Nc2nc(-c3c[nH]c4ncc(Cl)cc34)ncc2F)C1. The predicted octanol–water partition coefficient (Wildman–Crippen LogP) is 3.87. The molecular weight excluding hydrogens is 373 g/mol. The molecule has 1 aliphatic carbocycles. The quantitative estimate of drug-likeness (QED) is 0.625. The highest BCUT2D eigenvalue weighted by molar-refractivity contribution is 6.31. The lowest BCUT2D eigenvalue weighted by Crippen LogP contribution is -2.31. The molecule has 1 fully saturated rings. The zero-order chi connectivity index (χ0) is 19.0. The van der Waals surface area contributed by atoms with Crippen molar-refractivity contribution >= 4 is 34.4 Å². The van der Waals surface area contributed by atoms with E-state index in [1.807, 2.05) is 0 Å². The zero-order valence-electron chi connectivity index (χ0n) is 14.2. The van der Waals surface area contributed by atoms with Crippen LogP contribution in [-0.4, -0.2) is 37.1 Å². The van der Waals surface area contributed by atoms with Crippen molar-refractivity contribution in [3.63, 3.8) is 0 Å². The summed E-state index contributed by atoms with van der Waals surface area (Å²) in [5, 5.41) is 13.5. The smallest absolute Gasteiger partial charge is 0.306 e. The largest absolute Gasteiger partial charge is 0.481 e. The molecule has 0 bridgehead atoms. The van der Waals surface area contributed by atoms with Gasteiger partial charge in [-0.05, 0) is 25.3 Å². The van der Waals surface area contributed by atoms with Gasteiger partial charge in [-0.3, -0.25) is 4.79 Å².